The zero-order valence-electron chi connectivity index (χ0n) is 18.1. The average molecular weight is 388 g/mol. The maximum Gasteiger partial charge on any atom is 0.407 e. The second-order valence-electron chi connectivity index (χ2n) is 10.2. The van der Waals surface area contributed by atoms with E-state index in [2.05, 4.69) is 43.4 Å². The highest BCUT2D eigenvalue weighted by atomic mass is 16.6. The van der Waals surface area contributed by atoms with Crippen LogP contribution in [0.1, 0.15) is 76.8 Å². The van der Waals surface area contributed by atoms with E-state index in [-0.39, 0.29) is 18.2 Å². The number of aliphatic hydroxyl groups is 1. The molecular weight excluding hydrogens is 350 g/mol. The summed E-state index contributed by atoms with van der Waals surface area (Å²) in [5.41, 5.74) is 2.14. The number of benzene rings is 1. The fourth-order valence-corrected chi connectivity index (χ4v) is 5.26. The molecule has 3 rings (SSSR count). The molecule has 0 bridgehead atoms. The molecule has 2 saturated carbocycles. The third kappa shape index (κ3) is 5.50. The number of ether oxygens (including phenoxy) is 1. The number of amides is 1. The zero-order chi connectivity index (χ0) is 20.5. The second-order valence-corrected chi connectivity index (χ2v) is 10.2. The third-order valence-electron chi connectivity index (χ3n) is 6.43. The Morgan fingerprint density at radius 2 is 1.75 bits per heavy atom. The fraction of sp³-hybridized carbons (Fsp3) is 0.708. The van der Waals surface area contributed by atoms with E-state index in [1.165, 1.54) is 11.1 Å². The highest BCUT2D eigenvalue weighted by Gasteiger charge is 2.41. The van der Waals surface area contributed by atoms with Crippen molar-refractivity contribution in [3.8, 4) is 0 Å². The van der Waals surface area contributed by atoms with Crippen molar-refractivity contribution in [2.24, 2.45) is 17.8 Å². The van der Waals surface area contributed by atoms with E-state index in [9.17, 15) is 9.90 Å². The van der Waals surface area contributed by atoms with Gasteiger partial charge in [-0.15, -0.1) is 0 Å². The lowest BCUT2D eigenvalue weighted by molar-refractivity contribution is 0.0406. The summed E-state index contributed by atoms with van der Waals surface area (Å²) < 4.78 is 5.44. The van der Waals surface area contributed by atoms with Gasteiger partial charge in [-0.05, 0) is 89.0 Å². The van der Waals surface area contributed by atoms with Crippen molar-refractivity contribution in [1.82, 2.24) is 5.32 Å². The van der Waals surface area contributed by atoms with Gasteiger partial charge in [0.15, 0.2) is 0 Å². The molecule has 2 N–H and O–H groups in total. The Balaban J connectivity index is 1.62. The second kappa shape index (κ2) is 8.44. The summed E-state index contributed by atoms with van der Waals surface area (Å²) in [6.45, 7) is 10.0. The molecule has 1 unspecified atom stereocenters. The Hall–Kier alpha value is -1.55. The minimum Gasteiger partial charge on any atom is -0.444 e. The molecule has 1 aromatic carbocycles. The summed E-state index contributed by atoms with van der Waals surface area (Å²) in [6, 6.07) is 8.89. The van der Waals surface area contributed by atoms with Crippen LogP contribution in [0.25, 0.3) is 0 Å². The lowest BCUT2D eigenvalue weighted by atomic mass is 9.72. The molecule has 4 heteroatoms. The molecule has 0 spiro atoms. The minimum absolute atomic E-state index is 0.134. The van der Waals surface area contributed by atoms with Crippen molar-refractivity contribution in [3.05, 3.63) is 35.4 Å². The molecule has 0 saturated heterocycles. The van der Waals surface area contributed by atoms with Crippen molar-refractivity contribution < 1.29 is 14.6 Å². The number of hydrogen-bond acceptors (Lipinski definition) is 3. The van der Waals surface area contributed by atoms with Gasteiger partial charge in [0.1, 0.15) is 5.60 Å². The number of carbonyl (C=O) groups excluding carboxylic acids is 1. The van der Waals surface area contributed by atoms with Crippen molar-refractivity contribution in [1.29, 1.82) is 0 Å². The first kappa shape index (κ1) is 21.2. The van der Waals surface area contributed by atoms with Crippen molar-refractivity contribution in [2.45, 2.75) is 90.4 Å². The van der Waals surface area contributed by atoms with E-state index in [1.807, 2.05) is 20.8 Å². The Morgan fingerprint density at radius 3 is 2.39 bits per heavy atom. The summed E-state index contributed by atoms with van der Waals surface area (Å²) in [5, 5.41) is 13.9. The van der Waals surface area contributed by atoms with Gasteiger partial charge in [0, 0.05) is 6.04 Å². The monoisotopic (exact) mass is 387 g/mol. The number of nitrogens with one attached hydrogen (secondary N) is 1. The molecule has 0 aromatic heterocycles. The predicted molar refractivity (Wildman–Crippen MR) is 112 cm³/mol. The van der Waals surface area contributed by atoms with Crippen LogP contribution in [0, 0.1) is 24.7 Å². The van der Waals surface area contributed by atoms with E-state index in [0.29, 0.717) is 23.7 Å². The third-order valence-corrected chi connectivity index (χ3v) is 6.43. The fourth-order valence-electron chi connectivity index (χ4n) is 5.26. The van der Waals surface area contributed by atoms with Crippen LogP contribution >= 0.6 is 0 Å². The SMILES string of the molecule is Cc1ccc([C@@H]2C[C@H](C3C[C@H](C)C[C@@H](NC(=O)OC(C)(C)C)C3)[C@@H](O)C2)cc1. The number of alkyl carbamates (subject to hydrolysis) is 1. The summed E-state index contributed by atoms with van der Waals surface area (Å²) in [5.74, 6) is 1.76. The van der Waals surface area contributed by atoms with E-state index >= 15 is 0 Å². The van der Waals surface area contributed by atoms with Crippen LogP contribution in [-0.2, 0) is 4.74 Å². The maximum absolute atomic E-state index is 12.2. The minimum atomic E-state index is -0.479. The molecule has 1 aromatic rings. The highest BCUT2D eigenvalue weighted by molar-refractivity contribution is 5.68. The first-order valence-electron chi connectivity index (χ1n) is 10.8. The summed E-state index contributed by atoms with van der Waals surface area (Å²) in [4.78, 5) is 12.2. The van der Waals surface area contributed by atoms with E-state index < -0.39 is 5.60 Å². The topological polar surface area (TPSA) is 58.6 Å². The van der Waals surface area contributed by atoms with Crippen molar-refractivity contribution in [2.75, 3.05) is 0 Å². The van der Waals surface area contributed by atoms with Crippen LogP contribution in [0.3, 0.4) is 0 Å². The molecule has 0 heterocycles. The smallest absolute Gasteiger partial charge is 0.407 e. The highest BCUT2D eigenvalue weighted by Crippen LogP contribution is 2.46. The number of aryl methyl sites for hydroxylation is 1. The maximum atomic E-state index is 12.2. The Bertz CT molecular complexity index is 663. The molecular formula is C24H37NO3. The number of hydrogen-bond donors (Lipinski definition) is 2. The zero-order valence-corrected chi connectivity index (χ0v) is 18.1. The van der Waals surface area contributed by atoms with Gasteiger partial charge >= 0.3 is 6.09 Å². The van der Waals surface area contributed by atoms with E-state index in [0.717, 1.165) is 32.1 Å². The van der Waals surface area contributed by atoms with Crippen LogP contribution in [-0.4, -0.2) is 28.9 Å². The average Bonchev–Trinajstić information content (AvgIpc) is 2.95. The van der Waals surface area contributed by atoms with E-state index in [4.69, 9.17) is 4.74 Å². The molecule has 1 amide bonds. The normalized spacial score (nSPS) is 33.5. The summed E-state index contributed by atoms with van der Waals surface area (Å²) in [7, 11) is 0. The Labute approximate surface area is 170 Å². The largest absolute Gasteiger partial charge is 0.444 e. The predicted octanol–water partition coefficient (Wildman–Crippen LogP) is 5.18. The van der Waals surface area contributed by atoms with Gasteiger partial charge in [-0.25, -0.2) is 4.79 Å². The van der Waals surface area contributed by atoms with Gasteiger partial charge in [-0.3, -0.25) is 0 Å². The molecule has 6 atom stereocenters. The molecule has 2 aliphatic rings. The van der Waals surface area contributed by atoms with Gasteiger partial charge in [-0.2, -0.15) is 0 Å². The first-order valence-corrected chi connectivity index (χ1v) is 10.8. The van der Waals surface area contributed by atoms with Gasteiger partial charge in [0.2, 0.25) is 0 Å². The van der Waals surface area contributed by atoms with Crippen molar-refractivity contribution in [3.63, 3.8) is 0 Å². The summed E-state index contributed by atoms with van der Waals surface area (Å²) in [6.07, 6.45) is 4.38. The van der Waals surface area contributed by atoms with Gasteiger partial charge < -0.3 is 15.2 Å². The standard InChI is InChI=1S/C24H37NO3/c1-15-6-8-17(9-7-15)18-13-21(22(26)14-18)19-10-16(2)11-20(12-19)25-23(27)28-24(3,4)5/h6-9,16,18-22,26H,10-14H2,1-5H3,(H,25,27)/t16-,18+,19?,20+,21+,22-/m0/s1. The molecule has 156 valence electrons. The van der Waals surface area contributed by atoms with Gasteiger partial charge in [0.05, 0.1) is 6.10 Å². The lowest BCUT2D eigenvalue weighted by Gasteiger charge is -2.38. The number of carbonyl (C=O) groups is 1. The molecule has 2 aliphatic carbocycles. The van der Waals surface area contributed by atoms with Crippen LogP contribution in [0.5, 0.6) is 0 Å². The number of rotatable bonds is 3. The van der Waals surface area contributed by atoms with Crippen LogP contribution < -0.4 is 5.32 Å². The molecule has 2 fully saturated rings. The quantitative estimate of drug-likeness (QED) is 0.751. The molecule has 28 heavy (non-hydrogen) atoms. The Kier molecular flexibility index (Phi) is 6.38. The molecule has 0 radical (unpaired) electrons. The van der Waals surface area contributed by atoms with Gasteiger partial charge in [-0.1, -0.05) is 36.8 Å². The first-order chi connectivity index (χ1) is 13.1. The van der Waals surface area contributed by atoms with Crippen LogP contribution in [0.2, 0.25) is 0 Å². The lowest BCUT2D eigenvalue weighted by Crippen LogP contribution is -2.44. The van der Waals surface area contributed by atoms with Crippen LogP contribution in [0.4, 0.5) is 4.79 Å². The Morgan fingerprint density at radius 1 is 1.07 bits per heavy atom. The number of aliphatic hydroxyl groups excluding tert-OH is 1. The van der Waals surface area contributed by atoms with Crippen molar-refractivity contribution >= 4 is 6.09 Å². The molecule has 4 nitrogen and oxygen atoms in total. The van der Waals surface area contributed by atoms with E-state index in [1.54, 1.807) is 0 Å². The molecule has 0 aliphatic heterocycles. The van der Waals surface area contributed by atoms with Gasteiger partial charge in [0.25, 0.3) is 0 Å². The summed E-state index contributed by atoms with van der Waals surface area (Å²) >= 11 is 0. The van der Waals surface area contributed by atoms with Crippen LogP contribution in [0.15, 0.2) is 24.3 Å².